The molecular formula is C16H24N2O3. The van der Waals surface area contributed by atoms with Crippen molar-refractivity contribution in [1.82, 2.24) is 10.6 Å². The highest BCUT2D eigenvalue weighted by Gasteiger charge is 2.18. The molecule has 0 spiro atoms. The molecule has 1 rings (SSSR count). The van der Waals surface area contributed by atoms with E-state index in [9.17, 15) is 9.59 Å². The zero-order chi connectivity index (χ0) is 15.8. The minimum Gasteiger partial charge on any atom is -0.450 e. The van der Waals surface area contributed by atoms with Crippen LogP contribution in [0.15, 0.2) is 24.3 Å². The van der Waals surface area contributed by atoms with Crippen molar-refractivity contribution in [3.05, 3.63) is 35.4 Å². The van der Waals surface area contributed by atoms with Crippen molar-refractivity contribution < 1.29 is 14.3 Å². The van der Waals surface area contributed by atoms with Crippen molar-refractivity contribution >= 4 is 12.0 Å². The third-order valence-electron chi connectivity index (χ3n) is 3.18. The van der Waals surface area contributed by atoms with Crippen LogP contribution in [0.5, 0.6) is 0 Å². The average molecular weight is 292 g/mol. The molecule has 21 heavy (non-hydrogen) atoms. The average Bonchev–Trinajstić information content (AvgIpc) is 2.43. The molecule has 1 aromatic carbocycles. The Labute approximate surface area is 126 Å². The number of hydrogen-bond acceptors (Lipinski definition) is 3. The van der Waals surface area contributed by atoms with Crippen molar-refractivity contribution in [2.24, 2.45) is 5.92 Å². The van der Waals surface area contributed by atoms with Crippen LogP contribution in [-0.2, 0) is 4.74 Å². The number of nitrogens with one attached hydrogen (secondary N) is 2. The third-order valence-corrected chi connectivity index (χ3v) is 3.18. The first-order chi connectivity index (χ1) is 9.93. The Bertz CT molecular complexity index is 469. The fraction of sp³-hybridized carbons (Fsp3) is 0.500. The number of alkyl carbamates (subject to hydrolysis) is 1. The lowest BCUT2D eigenvalue weighted by atomic mass is 10.0. The first-order valence-electron chi connectivity index (χ1n) is 7.22. The van der Waals surface area contributed by atoms with E-state index >= 15 is 0 Å². The topological polar surface area (TPSA) is 67.4 Å². The van der Waals surface area contributed by atoms with Crippen molar-refractivity contribution in [2.75, 3.05) is 13.2 Å². The van der Waals surface area contributed by atoms with E-state index in [1.807, 2.05) is 32.9 Å². The van der Waals surface area contributed by atoms with Crippen LogP contribution in [0.3, 0.4) is 0 Å². The van der Waals surface area contributed by atoms with Crippen LogP contribution in [0.1, 0.15) is 36.7 Å². The Morgan fingerprint density at radius 1 is 1.19 bits per heavy atom. The Morgan fingerprint density at radius 2 is 1.81 bits per heavy atom. The number of rotatable bonds is 6. The van der Waals surface area contributed by atoms with Crippen molar-refractivity contribution in [2.45, 2.75) is 33.7 Å². The monoisotopic (exact) mass is 292 g/mol. The first kappa shape index (κ1) is 17.0. The summed E-state index contributed by atoms with van der Waals surface area (Å²) in [6.07, 6.45) is -0.458. The molecule has 2 amide bonds. The Hall–Kier alpha value is -2.04. The Morgan fingerprint density at radius 3 is 2.33 bits per heavy atom. The fourth-order valence-electron chi connectivity index (χ4n) is 1.79. The lowest BCUT2D eigenvalue weighted by Gasteiger charge is -2.22. The van der Waals surface area contributed by atoms with Crippen LogP contribution in [0.25, 0.3) is 0 Å². The Kier molecular flexibility index (Phi) is 6.72. The Balaban J connectivity index is 2.54. The summed E-state index contributed by atoms with van der Waals surface area (Å²) >= 11 is 0. The van der Waals surface area contributed by atoms with E-state index in [2.05, 4.69) is 10.6 Å². The van der Waals surface area contributed by atoms with E-state index in [-0.39, 0.29) is 17.9 Å². The van der Waals surface area contributed by atoms with Gasteiger partial charge in [0, 0.05) is 12.1 Å². The van der Waals surface area contributed by atoms with Crippen molar-refractivity contribution in [3.8, 4) is 0 Å². The molecule has 116 valence electrons. The van der Waals surface area contributed by atoms with Gasteiger partial charge in [0.1, 0.15) is 0 Å². The quantitative estimate of drug-likeness (QED) is 0.846. The third kappa shape index (κ3) is 5.85. The number of aryl methyl sites for hydroxylation is 1. The van der Waals surface area contributed by atoms with Crippen LogP contribution in [0, 0.1) is 12.8 Å². The maximum Gasteiger partial charge on any atom is 0.407 e. The van der Waals surface area contributed by atoms with Crippen LogP contribution in [0.2, 0.25) is 0 Å². The summed E-state index contributed by atoms with van der Waals surface area (Å²) in [5, 5.41) is 5.60. The molecule has 0 saturated carbocycles. The smallest absolute Gasteiger partial charge is 0.407 e. The highest BCUT2D eigenvalue weighted by atomic mass is 16.5. The van der Waals surface area contributed by atoms with Crippen molar-refractivity contribution in [1.29, 1.82) is 0 Å². The van der Waals surface area contributed by atoms with Crippen LogP contribution in [0.4, 0.5) is 4.79 Å². The number of hydrogen-bond donors (Lipinski definition) is 2. The molecule has 1 aromatic rings. The van der Waals surface area contributed by atoms with Gasteiger partial charge in [-0.25, -0.2) is 4.79 Å². The zero-order valence-electron chi connectivity index (χ0n) is 13.1. The second-order valence-corrected chi connectivity index (χ2v) is 5.29. The first-order valence-corrected chi connectivity index (χ1v) is 7.22. The van der Waals surface area contributed by atoms with Gasteiger partial charge in [0.05, 0.1) is 12.6 Å². The zero-order valence-corrected chi connectivity index (χ0v) is 13.1. The maximum atomic E-state index is 12.0. The summed E-state index contributed by atoms with van der Waals surface area (Å²) in [5.41, 5.74) is 1.72. The molecule has 1 unspecified atom stereocenters. The molecule has 0 bridgehead atoms. The summed E-state index contributed by atoms with van der Waals surface area (Å²) in [5.74, 6) is 0.0408. The molecule has 0 heterocycles. The van der Waals surface area contributed by atoms with Gasteiger partial charge < -0.3 is 15.4 Å². The number of carbonyl (C=O) groups is 2. The lowest BCUT2D eigenvalue weighted by molar-refractivity contribution is 0.0942. The molecule has 0 aliphatic heterocycles. The van der Waals surface area contributed by atoms with E-state index in [1.165, 1.54) is 0 Å². The van der Waals surface area contributed by atoms with Gasteiger partial charge in [0.15, 0.2) is 0 Å². The van der Waals surface area contributed by atoms with Gasteiger partial charge in [-0.3, -0.25) is 4.79 Å². The second-order valence-electron chi connectivity index (χ2n) is 5.29. The van der Waals surface area contributed by atoms with Gasteiger partial charge in [0.2, 0.25) is 0 Å². The number of amides is 2. The minimum absolute atomic E-state index is 0.147. The predicted molar refractivity (Wildman–Crippen MR) is 82.3 cm³/mol. The van der Waals surface area contributed by atoms with E-state index in [0.29, 0.717) is 18.7 Å². The van der Waals surface area contributed by atoms with Gasteiger partial charge in [-0.2, -0.15) is 0 Å². The molecule has 0 saturated heterocycles. The lowest BCUT2D eigenvalue weighted by Crippen LogP contribution is -2.46. The van der Waals surface area contributed by atoms with Gasteiger partial charge in [0.25, 0.3) is 5.91 Å². The summed E-state index contributed by atoms with van der Waals surface area (Å²) in [6.45, 7) is 8.38. The van der Waals surface area contributed by atoms with E-state index in [4.69, 9.17) is 4.74 Å². The molecule has 0 aliphatic rings. The van der Waals surface area contributed by atoms with E-state index in [1.54, 1.807) is 19.1 Å². The molecule has 0 fully saturated rings. The summed E-state index contributed by atoms with van der Waals surface area (Å²) in [6, 6.07) is 7.19. The number of ether oxygens (including phenoxy) is 1. The van der Waals surface area contributed by atoms with Crippen LogP contribution in [-0.4, -0.2) is 31.2 Å². The minimum atomic E-state index is -0.458. The van der Waals surface area contributed by atoms with Gasteiger partial charge >= 0.3 is 6.09 Å². The van der Waals surface area contributed by atoms with Crippen LogP contribution < -0.4 is 10.6 Å². The van der Waals surface area contributed by atoms with Gasteiger partial charge in [-0.15, -0.1) is 0 Å². The largest absolute Gasteiger partial charge is 0.450 e. The van der Waals surface area contributed by atoms with Crippen LogP contribution >= 0.6 is 0 Å². The van der Waals surface area contributed by atoms with Gasteiger partial charge in [-0.05, 0) is 31.9 Å². The molecule has 0 aliphatic carbocycles. The summed E-state index contributed by atoms with van der Waals surface area (Å²) in [4.78, 5) is 23.5. The molecule has 1 atom stereocenters. The highest BCUT2D eigenvalue weighted by Crippen LogP contribution is 2.04. The SMILES string of the molecule is CCOC(=O)NC(CNC(=O)c1ccc(C)cc1)C(C)C. The molecule has 5 nitrogen and oxygen atoms in total. The molecule has 2 N–H and O–H groups in total. The molecular weight excluding hydrogens is 268 g/mol. The normalized spacial score (nSPS) is 11.9. The van der Waals surface area contributed by atoms with E-state index < -0.39 is 6.09 Å². The summed E-state index contributed by atoms with van der Waals surface area (Å²) in [7, 11) is 0. The molecule has 0 aromatic heterocycles. The standard InChI is InChI=1S/C16H24N2O3/c1-5-21-16(20)18-14(11(2)3)10-17-15(19)13-8-6-12(4)7-9-13/h6-9,11,14H,5,10H2,1-4H3,(H,17,19)(H,18,20). The highest BCUT2D eigenvalue weighted by molar-refractivity contribution is 5.94. The number of benzene rings is 1. The predicted octanol–water partition coefficient (Wildman–Crippen LogP) is 2.50. The summed E-state index contributed by atoms with van der Waals surface area (Å²) < 4.78 is 4.86. The number of carbonyl (C=O) groups excluding carboxylic acids is 2. The maximum absolute atomic E-state index is 12.0. The van der Waals surface area contributed by atoms with E-state index in [0.717, 1.165) is 5.56 Å². The molecule has 5 heteroatoms. The molecule has 0 radical (unpaired) electrons. The fourth-order valence-corrected chi connectivity index (χ4v) is 1.79. The second kappa shape index (κ2) is 8.29. The van der Waals surface area contributed by atoms with Crippen molar-refractivity contribution in [3.63, 3.8) is 0 Å². The van der Waals surface area contributed by atoms with Gasteiger partial charge in [-0.1, -0.05) is 31.5 Å².